The lowest BCUT2D eigenvalue weighted by atomic mass is 10.1. The lowest BCUT2D eigenvalue weighted by Gasteiger charge is -2.07. The molecule has 0 spiro atoms. The molecule has 20 heavy (non-hydrogen) atoms. The topological polar surface area (TPSA) is 29.1 Å². The van der Waals surface area contributed by atoms with E-state index >= 15 is 0 Å². The number of anilines is 1. The van der Waals surface area contributed by atoms with Crippen LogP contribution in [-0.2, 0) is 11.2 Å². The molecule has 1 amide bonds. The molecular formula is C16H15F2NO. The highest BCUT2D eigenvalue weighted by molar-refractivity contribution is 5.90. The van der Waals surface area contributed by atoms with Crippen LogP contribution in [0.15, 0.2) is 42.5 Å². The van der Waals surface area contributed by atoms with E-state index in [0.717, 1.165) is 29.3 Å². The Kier molecular flexibility index (Phi) is 4.45. The maximum Gasteiger partial charge on any atom is 0.224 e. The summed E-state index contributed by atoms with van der Waals surface area (Å²) < 4.78 is 26.3. The minimum absolute atomic E-state index is 0.126. The van der Waals surface area contributed by atoms with Crippen LogP contribution in [0.5, 0.6) is 0 Å². The first-order valence-electron chi connectivity index (χ1n) is 6.35. The highest BCUT2D eigenvalue weighted by atomic mass is 19.1. The van der Waals surface area contributed by atoms with Gasteiger partial charge in [-0.3, -0.25) is 4.79 Å². The molecule has 0 radical (unpaired) electrons. The zero-order valence-electron chi connectivity index (χ0n) is 11.1. The van der Waals surface area contributed by atoms with Gasteiger partial charge in [-0.1, -0.05) is 29.8 Å². The zero-order chi connectivity index (χ0) is 14.5. The van der Waals surface area contributed by atoms with Crippen molar-refractivity contribution in [2.75, 3.05) is 5.32 Å². The predicted molar refractivity (Wildman–Crippen MR) is 74.5 cm³/mol. The second-order valence-electron chi connectivity index (χ2n) is 4.66. The van der Waals surface area contributed by atoms with Gasteiger partial charge in [0.2, 0.25) is 5.91 Å². The lowest BCUT2D eigenvalue weighted by molar-refractivity contribution is -0.116. The van der Waals surface area contributed by atoms with Gasteiger partial charge in [0.1, 0.15) is 11.6 Å². The Morgan fingerprint density at radius 1 is 1.10 bits per heavy atom. The third kappa shape index (κ3) is 3.88. The zero-order valence-corrected chi connectivity index (χ0v) is 11.1. The average molecular weight is 275 g/mol. The summed E-state index contributed by atoms with van der Waals surface area (Å²) >= 11 is 0. The monoisotopic (exact) mass is 275 g/mol. The van der Waals surface area contributed by atoms with E-state index in [-0.39, 0.29) is 18.0 Å². The fourth-order valence-corrected chi connectivity index (χ4v) is 1.82. The van der Waals surface area contributed by atoms with Crippen LogP contribution in [-0.4, -0.2) is 5.91 Å². The molecule has 2 aromatic carbocycles. The molecular weight excluding hydrogens is 260 g/mol. The van der Waals surface area contributed by atoms with Crippen molar-refractivity contribution in [3.05, 3.63) is 65.2 Å². The summed E-state index contributed by atoms with van der Waals surface area (Å²) in [5.74, 6) is -1.56. The molecule has 2 nitrogen and oxygen atoms in total. The van der Waals surface area contributed by atoms with E-state index < -0.39 is 11.6 Å². The van der Waals surface area contributed by atoms with Gasteiger partial charge in [0.05, 0.1) is 5.69 Å². The largest absolute Gasteiger partial charge is 0.324 e. The summed E-state index contributed by atoms with van der Waals surface area (Å²) in [6, 6.07) is 10.8. The van der Waals surface area contributed by atoms with Gasteiger partial charge in [-0.25, -0.2) is 8.78 Å². The molecule has 0 atom stereocenters. The SMILES string of the molecule is Cc1ccc(CCC(=O)Nc2cc(F)ccc2F)cc1. The summed E-state index contributed by atoms with van der Waals surface area (Å²) in [5.41, 5.74) is 2.06. The van der Waals surface area contributed by atoms with Gasteiger partial charge in [0.15, 0.2) is 0 Å². The third-order valence-corrected chi connectivity index (χ3v) is 2.96. The molecule has 4 heteroatoms. The van der Waals surface area contributed by atoms with E-state index in [1.54, 1.807) is 0 Å². The fraction of sp³-hybridized carbons (Fsp3) is 0.188. The van der Waals surface area contributed by atoms with Crippen molar-refractivity contribution >= 4 is 11.6 Å². The van der Waals surface area contributed by atoms with Crippen LogP contribution >= 0.6 is 0 Å². The number of hydrogen-bond acceptors (Lipinski definition) is 1. The Hall–Kier alpha value is -2.23. The van der Waals surface area contributed by atoms with Gasteiger partial charge in [-0.05, 0) is 31.0 Å². The molecule has 1 N–H and O–H groups in total. The number of amides is 1. The van der Waals surface area contributed by atoms with Crippen LogP contribution in [0.25, 0.3) is 0 Å². The van der Waals surface area contributed by atoms with E-state index in [0.29, 0.717) is 6.42 Å². The number of hydrogen-bond donors (Lipinski definition) is 1. The quantitative estimate of drug-likeness (QED) is 0.902. The lowest BCUT2D eigenvalue weighted by Crippen LogP contribution is -2.13. The Labute approximate surface area is 116 Å². The fourth-order valence-electron chi connectivity index (χ4n) is 1.82. The summed E-state index contributed by atoms with van der Waals surface area (Å²) in [6.07, 6.45) is 0.780. The Morgan fingerprint density at radius 2 is 1.80 bits per heavy atom. The third-order valence-electron chi connectivity index (χ3n) is 2.96. The van der Waals surface area contributed by atoms with E-state index in [1.807, 2.05) is 31.2 Å². The summed E-state index contributed by atoms with van der Waals surface area (Å²) in [7, 11) is 0. The van der Waals surface area contributed by atoms with Crippen LogP contribution in [0.2, 0.25) is 0 Å². The number of carbonyl (C=O) groups excluding carboxylic acids is 1. The Balaban J connectivity index is 1.92. The molecule has 0 aromatic heterocycles. The molecule has 0 bridgehead atoms. The number of rotatable bonds is 4. The molecule has 0 unspecified atom stereocenters. The molecule has 0 saturated carbocycles. The average Bonchev–Trinajstić information content (AvgIpc) is 2.42. The first-order chi connectivity index (χ1) is 9.54. The van der Waals surface area contributed by atoms with Crippen LogP contribution in [0.1, 0.15) is 17.5 Å². The summed E-state index contributed by atoms with van der Waals surface area (Å²) in [6.45, 7) is 1.99. The van der Waals surface area contributed by atoms with Gasteiger partial charge in [-0.15, -0.1) is 0 Å². The molecule has 0 aliphatic rings. The normalized spacial score (nSPS) is 10.3. The number of nitrogens with one attached hydrogen (secondary N) is 1. The number of carbonyl (C=O) groups is 1. The van der Waals surface area contributed by atoms with Crippen LogP contribution in [0, 0.1) is 18.6 Å². The number of aryl methyl sites for hydroxylation is 2. The van der Waals surface area contributed by atoms with Crippen molar-refractivity contribution in [2.24, 2.45) is 0 Å². The smallest absolute Gasteiger partial charge is 0.224 e. The molecule has 0 aliphatic carbocycles. The highest BCUT2D eigenvalue weighted by Gasteiger charge is 2.08. The van der Waals surface area contributed by atoms with Crippen LogP contribution < -0.4 is 5.32 Å². The van der Waals surface area contributed by atoms with Gasteiger partial charge < -0.3 is 5.32 Å². The van der Waals surface area contributed by atoms with Crippen LogP contribution in [0.4, 0.5) is 14.5 Å². The van der Waals surface area contributed by atoms with Crippen molar-refractivity contribution in [3.8, 4) is 0 Å². The molecule has 0 saturated heterocycles. The Bertz CT molecular complexity index is 608. The molecule has 0 heterocycles. The molecule has 2 aromatic rings. The van der Waals surface area contributed by atoms with Crippen molar-refractivity contribution in [1.29, 1.82) is 0 Å². The Morgan fingerprint density at radius 3 is 2.50 bits per heavy atom. The standard InChI is InChI=1S/C16H15F2NO/c1-11-2-4-12(5-3-11)6-9-16(20)19-15-10-13(17)7-8-14(15)18/h2-5,7-8,10H,6,9H2,1H3,(H,19,20). The van der Waals surface area contributed by atoms with Gasteiger partial charge >= 0.3 is 0 Å². The van der Waals surface area contributed by atoms with E-state index in [4.69, 9.17) is 0 Å². The van der Waals surface area contributed by atoms with Gasteiger partial charge in [0.25, 0.3) is 0 Å². The first-order valence-corrected chi connectivity index (χ1v) is 6.35. The summed E-state index contributed by atoms with van der Waals surface area (Å²) in [4.78, 5) is 11.7. The van der Waals surface area contributed by atoms with E-state index in [2.05, 4.69) is 5.32 Å². The van der Waals surface area contributed by atoms with Crippen molar-refractivity contribution in [2.45, 2.75) is 19.8 Å². The second-order valence-corrected chi connectivity index (χ2v) is 4.66. The number of benzene rings is 2. The summed E-state index contributed by atoms with van der Waals surface area (Å²) in [5, 5.41) is 2.38. The van der Waals surface area contributed by atoms with Crippen molar-refractivity contribution < 1.29 is 13.6 Å². The van der Waals surface area contributed by atoms with Crippen LogP contribution in [0.3, 0.4) is 0 Å². The van der Waals surface area contributed by atoms with Gasteiger partial charge in [0, 0.05) is 12.5 Å². The maximum absolute atomic E-state index is 13.4. The number of halogens is 2. The second kappa shape index (κ2) is 6.28. The first kappa shape index (κ1) is 14.2. The van der Waals surface area contributed by atoms with E-state index in [9.17, 15) is 13.6 Å². The molecule has 2 rings (SSSR count). The predicted octanol–water partition coefficient (Wildman–Crippen LogP) is 3.84. The highest BCUT2D eigenvalue weighted by Crippen LogP contribution is 2.16. The van der Waals surface area contributed by atoms with Crippen molar-refractivity contribution in [3.63, 3.8) is 0 Å². The van der Waals surface area contributed by atoms with E-state index in [1.165, 1.54) is 0 Å². The van der Waals surface area contributed by atoms with Crippen molar-refractivity contribution in [1.82, 2.24) is 0 Å². The molecule has 0 fully saturated rings. The maximum atomic E-state index is 13.4. The van der Waals surface area contributed by atoms with Gasteiger partial charge in [-0.2, -0.15) is 0 Å². The molecule has 104 valence electrons. The minimum Gasteiger partial charge on any atom is -0.324 e. The molecule has 0 aliphatic heterocycles. The minimum atomic E-state index is -0.643.